The van der Waals surface area contributed by atoms with Crippen LogP contribution in [0.3, 0.4) is 0 Å². The Labute approximate surface area is 261 Å². The second-order valence-electron chi connectivity index (χ2n) is 14.0. The van der Waals surface area contributed by atoms with Crippen LogP contribution in [0.5, 0.6) is 0 Å². The maximum atomic E-state index is 14.2. The summed E-state index contributed by atoms with van der Waals surface area (Å²) >= 11 is 0. The minimum Gasteiger partial charge on any atom is -0.378 e. The van der Waals surface area contributed by atoms with Crippen molar-refractivity contribution in [2.45, 2.75) is 94.9 Å². The Bertz CT molecular complexity index is 1260. The Morgan fingerprint density at radius 3 is 1.95 bits per heavy atom. The van der Waals surface area contributed by atoms with Crippen LogP contribution in [-0.4, -0.2) is 107 Å². The Morgan fingerprint density at radius 2 is 1.35 bits per heavy atom. The molecule has 4 aliphatic rings. The highest BCUT2D eigenvalue weighted by atomic mass is 32.2. The predicted molar refractivity (Wildman–Crippen MR) is 174 cm³/mol. The number of nitrogens with zero attached hydrogens (tertiary/aromatic N) is 5. The number of anilines is 1. The van der Waals surface area contributed by atoms with Crippen molar-refractivity contribution in [2.75, 3.05) is 71.4 Å². The molecule has 9 nitrogen and oxygen atoms in total. The molecule has 2 heterocycles. The number of hydrogen-bond donors (Lipinski definition) is 0. The highest BCUT2D eigenvalue weighted by Gasteiger charge is 2.50. The third-order valence-electron chi connectivity index (χ3n) is 10.3. The molecule has 0 amide bonds. The maximum absolute atomic E-state index is 14.2. The first-order valence-electron chi connectivity index (χ1n) is 16.8. The SMILES string of the molecule is CC1CCCCN1S(=O)(=O)N1CCCN(CC2CCCCC2)CCCN(S(=O)(=O)c2ccc(N(C)C)cc2)CC2(CC2)C1. The van der Waals surface area contributed by atoms with E-state index >= 15 is 0 Å². The smallest absolute Gasteiger partial charge is 0.282 e. The molecule has 0 aromatic heterocycles. The predicted octanol–water partition coefficient (Wildman–Crippen LogP) is 4.62. The Hall–Kier alpha value is -1.24. The van der Waals surface area contributed by atoms with Crippen LogP contribution in [0, 0.1) is 11.3 Å². The fourth-order valence-electron chi connectivity index (χ4n) is 7.45. The van der Waals surface area contributed by atoms with Gasteiger partial charge in [-0.05, 0) is 107 Å². The number of benzene rings is 1. The highest BCUT2D eigenvalue weighted by molar-refractivity contribution is 7.89. The first-order chi connectivity index (χ1) is 20.5. The third-order valence-corrected chi connectivity index (χ3v) is 14.3. The lowest BCUT2D eigenvalue weighted by molar-refractivity contribution is 0.172. The van der Waals surface area contributed by atoms with Gasteiger partial charge in [-0.25, -0.2) is 8.42 Å². The van der Waals surface area contributed by atoms with Crippen molar-refractivity contribution >= 4 is 25.9 Å². The lowest BCUT2D eigenvalue weighted by atomic mass is 9.89. The molecular weight excluding hydrogens is 583 g/mol. The van der Waals surface area contributed by atoms with Crippen LogP contribution in [0.25, 0.3) is 0 Å². The minimum absolute atomic E-state index is 0.0000928. The van der Waals surface area contributed by atoms with E-state index in [2.05, 4.69) is 4.90 Å². The van der Waals surface area contributed by atoms with Crippen LogP contribution in [0.4, 0.5) is 5.69 Å². The number of hydrogen-bond acceptors (Lipinski definition) is 6. The summed E-state index contributed by atoms with van der Waals surface area (Å²) in [6.45, 7) is 7.03. The van der Waals surface area contributed by atoms with Gasteiger partial charge in [-0.3, -0.25) is 0 Å². The minimum atomic E-state index is -3.73. The van der Waals surface area contributed by atoms with E-state index in [1.54, 1.807) is 25.0 Å². The van der Waals surface area contributed by atoms with Gasteiger partial charge in [0.15, 0.2) is 0 Å². The quantitative estimate of drug-likeness (QED) is 0.434. The molecule has 5 rings (SSSR count). The maximum Gasteiger partial charge on any atom is 0.282 e. The van der Waals surface area contributed by atoms with Crippen LogP contribution >= 0.6 is 0 Å². The van der Waals surface area contributed by atoms with Gasteiger partial charge in [-0.2, -0.15) is 21.3 Å². The van der Waals surface area contributed by atoms with Crippen molar-refractivity contribution in [3.63, 3.8) is 0 Å². The Morgan fingerprint density at radius 1 is 0.744 bits per heavy atom. The standard InChI is InChI=1S/C32H55N5O4S2/c1-28-11-7-8-24-37(28)43(40,41)36-23-10-21-34(25-29-12-5-4-6-13-29)20-9-22-35(26-32(27-36)18-19-32)42(38,39)31-16-14-30(15-17-31)33(2)3/h14-17,28-29H,4-13,18-27H2,1-3H3. The molecule has 1 spiro atoms. The van der Waals surface area contributed by atoms with Gasteiger partial charge >= 0.3 is 0 Å². The van der Waals surface area contributed by atoms with Gasteiger partial charge in [0.25, 0.3) is 10.2 Å². The van der Waals surface area contributed by atoms with Crippen LogP contribution in [0.15, 0.2) is 29.2 Å². The van der Waals surface area contributed by atoms with E-state index < -0.39 is 20.2 Å². The molecule has 1 atom stereocenters. The zero-order valence-corrected chi connectivity index (χ0v) is 28.4. The van der Waals surface area contributed by atoms with Gasteiger partial charge in [-0.1, -0.05) is 25.7 Å². The van der Waals surface area contributed by atoms with Crippen molar-refractivity contribution in [3.8, 4) is 0 Å². The number of sulfonamides is 1. The largest absolute Gasteiger partial charge is 0.378 e. The molecule has 0 bridgehead atoms. The number of rotatable bonds is 7. The molecule has 1 unspecified atom stereocenters. The summed E-state index contributed by atoms with van der Waals surface area (Å²) < 4.78 is 61.7. The molecule has 4 fully saturated rings. The zero-order chi connectivity index (χ0) is 30.7. The molecule has 0 N–H and O–H groups in total. The van der Waals surface area contributed by atoms with E-state index in [-0.39, 0.29) is 11.5 Å². The van der Waals surface area contributed by atoms with E-state index in [1.807, 2.05) is 38.1 Å². The highest BCUT2D eigenvalue weighted by Crippen LogP contribution is 2.48. The summed E-state index contributed by atoms with van der Waals surface area (Å²) in [5.74, 6) is 0.681. The van der Waals surface area contributed by atoms with Crippen LogP contribution < -0.4 is 4.90 Å². The first-order valence-corrected chi connectivity index (χ1v) is 19.6. The lowest BCUT2D eigenvalue weighted by Gasteiger charge is -2.39. The average molecular weight is 638 g/mol. The fraction of sp³-hybridized carbons (Fsp3) is 0.812. The van der Waals surface area contributed by atoms with E-state index in [0.717, 1.165) is 70.3 Å². The summed E-state index contributed by atoms with van der Waals surface area (Å²) in [4.78, 5) is 4.77. The van der Waals surface area contributed by atoms with Gasteiger partial charge < -0.3 is 9.80 Å². The van der Waals surface area contributed by atoms with Gasteiger partial charge in [0.1, 0.15) is 0 Å². The van der Waals surface area contributed by atoms with Gasteiger partial charge in [0.05, 0.1) is 4.90 Å². The zero-order valence-electron chi connectivity index (χ0n) is 26.8. The first kappa shape index (κ1) is 33.1. The van der Waals surface area contributed by atoms with Crippen molar-refractivity contribution in [1.82, 2.24) is 17.8 Å². The van der Waals surface area contributed by atoms with Crippen molar-refractivity contribution < 1.29 is 16.8 Å². The van der Waals surface area contributed by atoms with Crippen molar-refractivity contribution in [2.24, 2.45) is 11.3 Å². The van der Waals surface area contributed by atoms with Gasteiger partial charge in [0.2, 0.25) is 10.0 Å². The normalized spacial score (nSPS) is 26.5. The van der Waals surface area contributed by atoms with Crippen LogP contribution in [0.1, 0.15) is 84.0 Å². The molecule has 2 saturated carbocycles. The van der Waals surface area contributed by atoms with Gasteiger partial charge in [0, 0.05) is 65.1 Å². The van der Waals surface area contributed by atoms with Crippen molar-refractivity contribution in [3.05, 3.63) is 24.3 Å². The molecule has 2 saturated heterocycles. The molecule has 2 aliphatic carbocycles. The topological polar surface area (TPSA) is 84.5 Å². The molecule has 1 aromatic rings. The average Bonchev–Trinajstić information content (AvgIpc) is 3.75. The fourth-order valence-corrected chi connectivity index (χ4v) is 11.1. The van der Waals surface area contributed by atoms with E-state index in [0.29, 0.717) is 43.5 Å². The molecule has 1 aromatic carbocycles. The molecule has 11 heteroatoms. The Kier molecular flexibility index (Phi) is 10.8. The van der Waals surface area contributed by atoms with Crippen LogP contribution in [0.2, 0.25) is 0 Å². The summed E-state index contributed by atoms with van der Waals surface area (Å²) in [7, 11) is -3.49. The molecular formula is C32H55N5O4S2. The van der Waals surface area contributed by atoms with E-state index in [9.17, 15) is 16.8 Å². The molecule has 43 heavy (non-hydrogen) atoms. The molecule has 2 aliphatic heterocycles. The van der Waals surface area contributed by atoms with Crippen molar-refractivity contribution in [1.29, 1.82) is 0 Å². The second-order valence-corrected chi connectivity index (χ2v) is 17.9. The summed E-state index contributed by atoms with van der Waals surface area (Å²) in [5, 5.41) is 0. The summed E-state index contributed by atoms with van der Waals surface area (Å²) in [6, 6.07) is 7.14. The third kappa shape index (κ3) is 8.14. The molecule has 0 radical (unpaired) electrons. The van der Waals surface area contributed by atoms with E-state index in [1.165, 1.54) is 32.1 Å². The summed E-state index contributed by atoms with van der Waals surface area (Å²) in [6.07, 6.45) is 12.6. The summed E-state index contributed by atoms with van der Waals surface area (Å²) in [5.41, 5.74) is 0.626. The second kappa shape index (κ2) is 14.0. The lowest BCUT2D eigenvalue weighted by Crippen LogP contribution is -2.52. The number of piperidine rings is 1. The van der Waals surface area contributed by atoms with E-state index in [4.69, 9.17) is 0 Å². The van der Waals surface area contributed by atoms with Crippen LogP contribution in [-0.2, 0) is 20.2 Å². The van der Waals surface area contributed by atoms with Gasteiger partial charge in [-0.15, -0.1) is 0 Å². The monoisotopic (exact) mass is 637 g/mol. The molecule has 244 valence electrons. The Balaban J connectivity index is 1.41.